The van der Waals surface area contributed by atoms with Crippen molar-refractivity contribution in [3.63, 3.8) is 0 Å². The van der Waals surface area contributed by atoms with Crippen molar-refractivity contribution in [2.24, 2.45) is 0 Å². The lowest BCUT2D eigenvalue weighted by molar-refractivity contribution is 0.0958. The van der Waals surface area contributed by atoms with E-state index in [1.165, 1.54) is 28.6 Å². The van der Waals surface area contributed by atoms with Crippen LogP contribution in [0.3, 0.4) is 0 Å². The maximum Gasteiger partial charge on any atom is 0.252 e. The summed E-state index contributed by atoms with van der Waals surface area (Å²) < 4.78 is 38.7. The van der Waals surface area contributed by atoms with Gasteiger partial charge in [0.15, 0.2) is 11.5 Å². The van der Waals surface area contributed by atoms with Crippen molar-refractivity contribution >= 4 is 15.9 Å². The van der Waals surface area contributed by atoms with Crippen LogP contribution in [-0.2, 0) is 16.4 Å². The summed E-state index contributed by atoms with van der Waals surface area (Å²) in [5.74, 6) is 6.89. The first-order chi connectivity index (χ1) is 16.3. The summed E-state index contributed by atoms with van der Waals surface area (Å²) in [4.78, 5) is 12.6. The molecule has 1 N–H and O–H groups in total. The fourth-order valence-electron chi connectivity index (χ4n) is 4.19. The van der Waals surface area contributed by atoms with E-state index in [4.69, 9.17) is 9.47 Å². The molecule has 2 aliphatic rings. The van der Waals surface area contributed by atoms with Crippen LogP contribution in [0.15, 0.2) is 47.4 Å². The van der Waals surface area contributed by atoms with Crippen molar-refractivity contribution in [2.75, 3.05) is 26.2 Å². The first-order valence-corrected chi connectivity index (χ1v) is 13.0. The van der Waals surface area contributed by atoms with E-state index in [2.05, 4.69) is 17.2 Å². The Kier molecular flexibility index (Phi) is 7.15. The Morgan fingerprint density at radius 1 is 1.09 bits per heavy atom. The molecule has 1 fully saturated rings. The molecule has 2 aromatic carbocycles. The number of carbonyl (C=O) groups is 1. The van der Waals surface area contributed by atoms with E-state index in [0.717, 1.165) is 37.0 Å². The van der Waals surface area contributed by atoms with Gasteiger partial charge < -0.3 is 14.8 Å². The largest absolute Gasteiger partial charge is 0.483 e. The molecule has 0 unspecified atom stereocenters. The average Bonchev–Trinajstić information content (AvgIpc) is 3.16. The van der Waals surface area contributed by atoms with Crippen LogP contribution in [-0.4, -0.2) is 50.5 Å². The second-order valence-electron chi connectivity index (χ2n) is 9.10. The Hall–Kier alpha value is -3.02. The molecule has 1 saturated heterocycles. The number of rotatable bonds is 6. The van der Waals surface area contributed by atoms with Crippen molar-refractivity contribution in [3.8, 4) is 23.3 Å². The molecule has 8 heteroatoms. The third-order valence-corrected chi connectivity index (χ3v) is 7.80. The number of piperidine rings is 1. The van der Waals surface area contributed by atoms with Crippen molar-refractivity contribution in [3.05, 3.63) is 53.6 Å². The second-order valence-corrected chi connectivity index (χ2v) is 11.0. The number of sulfonamides is 1. The summed E-state index contributed by atoms with van der Waals surface area (Å²) in [5.41, 5.74) is 1.26. The molecule has 2 aliphatic heterocycles. The standard InChI is InChI=1S/C26H30N2O5S/c1-26(2)19-21-9-8-10-23(24(21)33-26)32-18-7-4-15-27-25(29)20-11-13-22(14-12-20)34(30,31)28-16-5-3-6-17-28/h8-14H,3,5-6,15-19H2,1-2H3,(H,27,29). The van der Waals surface area contributed by atoms with E-state index in [1.807, 2.05) is 32.0 Å². The van der Waals surface area contributed by atoms with Gasteiger partial charge in [-0.25, -0.2) is 8.42 Å². The smallest absolute Gasteiger partial charge is 0.252 e. The molecule has 2 heterocycles. The van der Waals surface area contributed by atoms with Gasteiger partial charge in [-0.05, 0) is 57.0 Å². The van der Waals surface area contributed by atoms with Gasteiger partial charge in [-0.15, -0.1) is 0 Å². The number of nitrogens with one attached hydrogen (secondary N) is 1. The summed E-state index contributed by atoms with van der Waals surface area (Å²) in [6.45, 7) is 5.52. The lowest BCUT2D eigenvalue weighted by Crippen LogP contribution is -2.35. The zero-order valence-electron chi connectivity index (χ0n) is 19.6. The zero-order valence-corrected chi connectivity index (χ0v) is 20.4. The van der Waals surface area contributed by atoms with Crippen molar-refractivity contribution in [1.29, 1.82) is 0 Å². The number of benzene rings is 2. The molecule has 4 rings (SSSR count). The predicted octanol–water partition coefficient (Wildman–Crippen LogP) is 3.39. The highest BCUT2D eigenvalue weighted by Gasteiger charge is 2.32. The normalized spacial score (nSPS) is 17.1. The number of carbonyl (C=O) groups excluding carboxylic acids is 1. The van der Waals surface area contributed by atoms with E-state index in [0.29, 0.717) is 24.4 Å². The summed E-state index contributed by atoms with van der Waals surface area (Å²) in [7, 11) is -3.51. The Labute approximate surface area is 201 Å². The number of fused-ring (bicyclic) bond motifs is 1. The molecule has 0 bridgehead atoms. The van der Waals surface area contributed by atoms with Crippen LogP contribution in [0, 0.1) is 11.8 Å². The quantitative estimate of drug-likeness (QED) is 0.638. The summed E-state index contributed by atoms with van der Waals surface area (Å²) in [5, 5.41) is 2.72. The molecule has 0 radical (unpaired) electrons. The van der Waals surface area contributed by atoms with E-state index in [1.54, 1.807) is 0 Å². The fourth-order valence-corrected chi connectivity index (χ4v) is 5.70. The second kappa shape index (κ2) is 10.1. The van der Waals surface area contributed by atoms with Gasteiger partial charge in [0.05, 0.1) is 11.4 Å². The Morgan fingerprint density at radius 2 is 1.82 bits per heavy atom. The highest BCUT2D eigenvalue weighted by Crippen LogP contribution is 2.41. The monoisotopic (exact) mass is 482 g/mol. The van der Waals surface area contributed by atoms with Crippen LogP contribution < -0.4 is 14.8 Å². The highest BCUT2D eigenvalue weighted by molar-refractivity contribution is 7.89. The lowest BCUT2D eigenvalue weighted by Gasteiger charge is -2.25. The van der Waals surface area contributed by atoms with Gasteiger partial charge in [0, 0.05) is 30.6 Å². The SMILES string of the molecule is CC1(C)Cc2cccc(OCC#CCNC(=O)c3ccc(S(=O)(=O)N4CCCCC4)cc3)c2O1. The maximum atomic E-state index is 12.7. The minimum Gasteiger partial charge on any atom is -0.483 e. The number of hydrogen-bond acceptors (Lipinski definition) is 5. The molecular weight excluding hydrogens is 452 g/mol. The molecule has 180 valence electrons. The predicted molar refractivity (Wildman–Crippen MR) is 130 cm³/mol. The number of ether oxygens (including phenoxy) is 2. The van der Waals surface area contributed by atoms with Gasteiger partial charge >= 0.3 is 0 Å². The fraction of sp³-hybridized carbons (Fsp3) is 0.423. The topological polar surface area (TPSA) is 84.9 Å². The third kappa shape index (κ3) is 5.54. The molecule has 0 aliphatic carbocycles. The first-order valence-electron chi connectivity index (χ1n) is 11.5. The van der Waals surface area contributed by atoms with Crippen molar-refractivity contribution < 1.29 is 22.7 Å². The molecule has 34 heavy (non-hydrogen) atoms. The van der Waals surface area contributed by atoms with Crippen LogP contribution in [0.2, 0.25) is 0 Å². The molecule has 0 spiro atoms. The summed E-state index contributed by atoms with van der Waals surface area (Å²) in [6.07, 6.45) is 3.65. The van der Waals surface area contributed by atoms with Crippen LogP contribution in [0.1, 0.15) is 49.0 Å². The van der Waals surface area contributed by atoms with E-state index < -0.39 is 10.0 Å². The van der Waals surface area contributed by atoms with Crippen molar-refractivity contribution in [1.82, 2.24) is 9.62 Å². The van der Waals surface area contributed by atoms with E-state index in [9.17, 15) is 13.2 Å². The van der Waals surface area contributed by atoms with Gasteiger partial charge in [0.1, 0.15) is 12.2 Å². The molecule has 0 atom stereocenters. The molecular formula is C26H30N2O5S. The summed E-state index contributed by atoms with van der Waals surface area (Å²) >= 11 is 0. The number of para-hydroxylation sites is 1. The zero-order chi connectivity index (χ0) is 24.2. The molecule has 0 saturated carbocycles. The van der Waals surface area contributed by atoms with Crippen LogP contribution in [0.25, 0.3) is 0 Å². The van der Waals surface area contributed by atoms with Gasteiger partial charge in [0.25, 0.3) is 5.91 Å². The number of nitrogens with zero attached hydrogens (tertiary/aromatic N) is 1. The number of amides is 1. The van der Waals surface area contributed by atoms with Gasteiger partial charge in [-0.3, -0.25) is 4.79 Å². The Morgan fingerprint density at radius 3 is 2.56 bits per heavy atom. The highest BCUT2D eigenvalue weighted by atomic mass is 32.2. The van der Waals surface area contributed by atoms with Crippen molar-refractivity contribution in [2.45, 2.75) is 50.0 Å². The molecule has 0 aromatic heterocycles. The Bertz CT molecular complexity index is 1200. The lowest BCUT2D eigenvalue weighted by atomic mass is 10.0. The van der Waals surface area contributed by atoms with Crippen LogP contribution in [0.4, 0.5) is 0 Å². The van der Waals surface area contributed by atoms with Gasteiger partial charge in [-0.2, -0.15) is 4.31 Å². The molecule has 1 amide bonds. The van der Waals surface area contributed by atoms with Gasteiger partial charge in [-0.1, -0.05) is 30.4 Å². The van der Waals surface area contributed by atoms with Gasteiger partial charge in [0.2, 0.25) is 10.0 Å². The molecule has 2 aromatic rings. The third-order valence-electron chi connectivity index (χ3n) is 5.89. The molecule has 7 nitrogen and oxygen atoms in total. The van der Waals surface area contributed by atoms with E-state index in [-0.39, 0.29) is 29.6 Å². The first kappa shape index (κ1) is 24.1. The average molecular weight is 483 g/mol. The minimum atomic E-state index is -3.51. The number of hydrogen-bond donors (Lipinski definition) is 1. The van der Waals surface area contributed by atoms with E-state index >= 15 is 0 Å². The summed E-state index contributed by atoms with van der Waals surface area (Å²) in [6, 6.07) is 11.9. The van der Waals surface area contributed by atoms with Crippen LogP contribution >= 0.6 is 0 Å². The Balaban J connectivity index is 1.26. The van der Waals surface area contributed by atoms with Crippen LogP contribution in [0.5, 0.6) is 11.5 Å². The minimum absolute atomic E-state index is 0.159. The maximum absolute atomic E-state index is 12.7.